The third kappa shape index (κ3) is 4.83. The van der Waals surface area contributed by atoms with Gasteiger partial charge in [0.15, 0.2) is 5.82 Å². The second-order valence-electron chi connectivity index (χ2n) is 8.29. The fourth-order valence-electron chi connectivity index (χ4n) is 3.62. The number of nitrogens with one attached hydrogen (secondary N) is 2. The van der Waals surface area contributed by atoms with Crippen LogP contribution in [0.3, 0.4) is 0 Å². The van der Waals surface area contributed by atoms with Gasteiger partial charge in [-0.05, 0) is 55.8 Å². The van der Waals surface area contributed by atoms with E-state index in [0.29, 0.717) is 16.4 Å². The zero-order valence-electron chi connectivity index (χ0n) is 18.9. The zero-order chi connectivity index (χ0) is 25.7. The molecule has 0 saturated heterocycles. The number of rotatable bonds is 4. The molecule has 0 spiro atoms. The van der Waals surface area contributed by atoms with Crippen molar-refractivity contribution in [2.75, 3.05) is 5.32 Å². The van der Waals surface area contributed by atoms with Crippen LogP contribution in [0.2, 0.25) is 0 Å². The molecule has 0 radical (unpaired) electrons. The van der Waals surface area contributed by atoms with Gasteiger partial charge in [-0.15, -0.1) is 5.10 Å². The molecule has 4 rings (SSSR count). The molecule has 1 aliphatic heterocycles. The second-order valence-corrected chi connectivity index (χ2v) is 9.21. The van der Waals surface area contributed by atoms with Gasteiger partial charge in [0.2, 0.25) is 0 Å². The third-order valence-electron chi connectivity index (χ3n) is 5.20. The number of ether oxygens (including phenoxy) is 1. The second kappa shape index (κ2) is 8.59. The van der Waals surface area contributed by atoms with Crippen molar-refractivity contribution in [2.45, 2.75) is 45.5 Å². The first-order valence-electron chi connectivity index (χ1n) is 10.2. The predicted octanol–water partition coefficient (Wildman–Crippen LogP) is 4.44. The lowest BCUT2D eigenvalue weighted by Crippen LogP contribution is -2.37. The molecule has 2 aromatic heterocycles. The van der Waals surface area contributed by atoms with Crippen molar-refractivity contribution in [3.05, 3.63) is 57.3 Å². The van der Waals surface area contributed by atoms with Crippen LogP contribution in [0.4, 0.5) is 23.7 Å². The van der Waals surface area contributed by atoms with Gasteiger partial charge in [-0.3, -0.25) is 10.1 Å². The van der Waals surface area contributed by atoms with Crippen molar-refractivity contribution in [3.63, 3.8) is 0 Å². The Balaban J connectivity index is 1.73. The summed E-state index contributed by atoms with van der Waals surface area (Å²) in [6, 6.07) is 0.737. The summed E-state index contributed by atoms with van der Waals surface area (Å²) in [6.45, 7) is 6.10. The van der Waals surface area contributed by atoms with Crippen molar-refractivity contribution in [1.29, 1.82) is 0 Å². The highest BCUT2D eigenvalue weighted by Gasteiger charge is 2.40. The van der Waals surface area contributed by atoms with Crippen molar-refractivity contribution >= 4 is 33.6 Å². The number of hydrogen-bond donors (Lipinski definition) is 2. The van der Waals surface area contributed by atoms with Crippen LogP contribution in [-0.4, -0.2) is 36.7 Å². The number of halogens is 4. The van der Waals surface area contributed by atoms with Gasteiger partial charge in [-0.1, -0.05) is 0 Å². The van der Waals surface area contributed by atoms with Gasteiger partial charge >= 0.3 is 12.3 Å². The highest BCUT2D eigenvalue weighted by Crippen LogP contribution is 2.42. The number of alkyl halides is 3. The molecule has 184 valence electrons. The molecule has 2 N–H and O–H groups in total. The van der Waals surface area contributed by atoms with Crippen LogP contribution in [0.5, 0.6) is 0 Å². The Bertz CT molecular complexity index is 1320. The first-order chi connectivity index (χ1) is 16.3. The quantitative estimate of drug-likeness (QED) is 0.489. The Morgan fingerprint density at radius 3 is 2.54 bits per heavy atom. The maximum atomic E-state index is 13.6. The molecule has 0 fully saturated rings. The van der Waals surface area contributed by atoms with Gasteiger partial charge in [0, 0.05) is 18.0 Å². The van der Waals surface area contributed by atoms with E-state index in [2.05, 4.69) is 46.6 Å². The largest absolute Gasteiger partial charge is 0.438 e. The molecule has 10 nitrogen and oxygen atoms in total. The Hall–Kier alpha value is -3.55. The van der Waals surface area contributed by atoms with E-state index < -0.39 is 35.4 Å². The van der Waals surface area contributed by atoms with E-state index in [1.807, 2.05) is 0 Å². The number of carbonyl (C=O) groups is 2. The fourth-order valence-corrected chi connectivity index (χ4v) is 3.83. The number of anilines is 1. The summed E-state index contributed by atoms with van der Waals surface area (Å²) in [5.41, 5.74) is -2.85. The van der Waals surface area contributed by atoms with Crippen LogP contribution in [0.1, 0.15) is 59.9 Å². The average molecular weight is 554 g/mol. The van der Waals surface area contributed by atoms with Crippen molar-refractivity contribution in [1.82, 2.24) is 30.0 Å². The summed E-state index contributed by atoms with van der Waals surface area (Å²) in [4.78, 5) is 37.9. The number of benzene rings is 1. The van der Waals surface area contributed by atoms with E-state index in [1.165, 1.54) is 30.9 Å². The number of nitrogens with zero attached hydrogens (tertiary/aromatic N) is 5. The molecule has 2 amide bonds. The first-order valence-corrected chi connectivity index (χ1v) is 11.0. The maximum absolute atomic E-state index is 13.6. The maximum Gasteiger partial charge on any atom is 0.416 e. The van der Waals surface area contributed by atoms with Crippen LogP contribution in [0.25, 0.3) is 5.95 Å². The van der Waals surface area contributed by atoms with Crippen molar-refractivity contribution < 1.29 is 27.5 Å². The number of hydrogen-bond acceptors (Lipinski definition) is 7. The molecule has 3 heterocycles. The SMILES string of the molecule is Cc1nc([C@H](C)NC(=O)c2cc(C(F)(F)F)cc3c2NC(=O)OC3(C)C)n(-c2ncc(Br)cn2)n1. The van der Waals surface area contributed by atoms with E-state index in [1.54, 1.807) is 13.8 Å². The van der Waals surface area contributed by atoms with Crippen molar-refractivity contribution in [2.24, 2.45) is 0 Å². The lowest BCUT2D eigenvalue weighted by atomic mass is 9.89. The van der Waals surface area contributed by atoms with Gasteiger partial charge in [0.25, 0.3) is 11.9 Å². The standard InChI is InChI=1S/C21H19BrF3N7O3/c1-9(16-29-10(2)31-32(16)18-26-7-12(22)8-27-18)28-17(33)13-5-11(21(23,24)25)6-14-15(13)30-19(34)35-20(14,3)4/h5-9H,1-4H3,(H,28,33)(H,30,34)/t9-/m0/s1. The molecule has 0 unspecified atom stereocenters. The summed E-state index contributed by atoms with van der Waals surface area (Å²) < 4.78 is 48.0. The van der Waals surface area contributed by atoms with Gasteiger partial charge < -0.3 is 10.1 Å². The van der Waals surface area contributed by atoms with Crippen LogP contribution in [0.15, 0.2) is 29.0 Å². The summed E-state index contributed by atoms with van der Waals surface area (Å²) >= 11 is 3.24. The van der Waals surface area contributed by atoms with Crippen LogP contribution in [0, 0.1) is 6.92 Å². The van der Waals surface area contributed by atoms with Crippen LogP contribution >= 0.6 is 15.9 Å². The molecule has 0 aliphatic carbocycles. The van der Waals surface area contributed by atoms with E-state index in [-0.39, 0.29) is 28.6 Å². The summed E-state index contributed by atoms with van der Waals surface area (Å²) in [6.07, 6.45) is -2.60. The van der Waals surface area contributed by atoms with Crippen LogP contribution in [-0.2, 0) is 16.5 Å². The van der Waals surface area contributed by atoms with E-state index in [9.17, 15) is 22.8 Å². The predicted molar refractivity (Wildman–Crippen MR) is 120 cm³/mol. The van der Waals surface area contributed by atoms with E-state index in [4.69, 9.17) is 4.74 Å². The number of carbonyl (C=O) groups excluding carboxylic acids is 2. The highest BCUT2D eigenvalue weighted by molar-refractivity contribution is 9.10. The minimum Gasteiger partial charge on any atom is -0.438 e. The monoisotopic (exact) mass is 553 g/mol. The minimum absolute atomic E-state index is 0.0204. The van der Waals surface area contributed by atoms with Crippen molar-refractivity contribution in [3.8, 4) is 5.95 Å². The zero-order valence-corrected chi connectivity index (χ0v) is 20.4. The first kappa shape index (κ1) is 24.6. The molecular weight excluding hydrogens is 535 g/mol. The Labute approximate surface area is 205 Å². The van der Waals surface area contributed by atoms with Gasteiger partial charge in [0.1, 0.15) is 11.4 Å². The van der Waals surface area contributed by atoms with Crippen LogP contribution < -0.4 is 10.6 Å². The Morgan fingerprint density at radius 2 is 1.91 bits per heavy atom. The lowest BCUT2D eigenvalue weighted by Gasteiger charge is -2.34. The number of cyclic esters (lactones) is 1. The van der Waals surface area contributed by atoms with Gasteiger partial charge in [-0.2, -0.15) is 17.9 Å². The smallest absolute Gasteiger partial charge is 0.416 e. The summed E-state index contributed by atoms with van der Waals surface area (Å²) in [5, 5.41) is 9.24. The lowest BCUT2D eigenvalue weighted by molar-refractivity contribution is -0.137. The number of amides is 2. The number of aromatic nitrogens is 5. The molecule has 1 aromatic carbocycles. The summed E-state index contributed by atoms with van der Waals surface area (Å²) in [5.74, 6) is -0.0452. The molecule has 1 aliphatic rings. The van der Waals surface area contributed by atoms with E-state index >= 15 is 0 Å². The molecule has 3 aromatic rings. The normalized spacial score (nSPS) is 15.6. The molecular formula is C21H19BrF3N7O3. The Kier molecular flexibility index (Phi) is 6.03. The Morgan fingerprint density at radius 1 is 1.26 bits per heavy atom. The number of fused-ring (bicyclic) bond motifs is 1. The molecule has 1 atom stereocenters. The molecule has 0 bridgehead atoms. The highest BCUT2D eigenvalue weighted by atomic mass is 79.9. The van der Waals surface area contributed by atoms with E-state index in [0.717, 1.165) is 6.07 Å². The third-order valence-corrected chi connectivity index (χ3v) is 5.61. The average Bonchev–Trinajstić information content (AvgIpc) is 3.14. The summed E-state index contributed by atoms with van der Waals surface area (Å²) in [7, 11) is 0. The molecule has 35 heavy (non-hydrogen) atoms. The van der Waals surface area contributed by atoms with Gasteiger partial charge in [0.05, 0.1) is 27.3 Å². The fraction of sp³-hybridized carbons (Fsp3) is 0.333. The molecule has 14 heteroatoms. The topological polar surface area (TPSA) is 124 Å². The minimum atomic E-state index is -4.73. The van der Waals surface area contributed by atoms with Gasteiger partial charge in [-0.25, -0.2) is 19.7 Å². The molecule has 0 saturated carbocycles. The number of aryl methyl sites for hydroxylation is 1.